The number of amides is 1. The molecule has 10 heteroatoms. The number of carbonyl (C=O) groups is 1. The molecule has 0 aromatic heterocycles. The highest BCUT2D eigenvalue weighted by Gasteiger charge is 2.28. The summed E-state index contributed by atoms with van der Waals surface area (Å²) < 4.78 is 39.5. The van der Waals surface area contributed by atoms with E-state index in [1.54, 1.807) is 12.1 Å². The van der Waals surface area contributed by atoms with Crippen molar-refractivity contribution in [1.82, 2.24) is 9.62 Å². The molecule has 32 heavy (non-hydrogen) atoms. The average Bonchev–Trinajstić information content (AvgIpc) is 3.33. The normalized spacial score (nSPS) is 19.7. The lowest BCUT2D eigenvalue weighted by Crippen LogP contribution is -2.40. The van der Waals surface area contributed by atoms with Crippen molar-refractivity contribution in [2.45, 2.75) is 33.6 Å². The average molecular weight is 541 g/mol. The molecule has 1 atom stereocenters. The first-order valence-electron chi connectivity index (χ1n) is 10.5. The van der Waals surface area contributed by atoms with Gasteiger partial charge in [0.1, 0.15) is 0 Å². The molecule has 7 nitrogen and oxygen atoms in total. The fourth-order valence-electron chi connectivity index (χ4n) is 3.61. The fourth-order valence-corrected chi connectivity index (χ4v) is 6.23. The van der Waals surface area contributed by atoms with Crippen LogP contribution in [-0.2, 0) is 19.5 Å². The highest BCUT2D eigenvalue weighted by atomic mass is 79.9. The Bertz CT molecular complexity index is 1050. The van der Waals surface area contributed by atoms with Gasteiger partial charge in [0.2, 0.25) is 10.0 Å². The Kier molecular flexibility index (Phi) is 7.91. The molecule has 2 fully saturated rings. The maximum absolute atomic E-state index is 13.1. The third-order valence-electron chi connectivity index (χ3n) is 5.36. The SMILES string of the molecule is O=C(NCC1CCCO1)c1cc(S(=O)(=O)N2CCOCC2)ccc1Sc1ccc(Br)cc1. The van der Waals surface area contributed by atoms with Crippen LogP contribution in [0.15, 0.2) is 61.6 Å². The zero-order chi connectivity index (χ0) is 22.6. The summed E-state index contributed by atoms with van der Waals surface area (Å²) in [5.41, 5.74) is 0.338. The Balaban J connectivity index is 1.62. The van der Waals surface area contributed by atoms with Gasteiger partial charge in [-0.1, -0.05) is 27.7 Å². The van der Waals surface area contributed by atoms with Crippen molar-refractivity contribution in [3.63, 3.8) is 0 Å². The van der Waals surface area contributed by atoms with Gasteiger partial charge in [-0.25, -0.2) is 8.42 Å². The van der Waals surface area contributed by atoms with Crippen LogP contribution in [0.1, 0.15) is 23.2 Å². The molecule has 2 aromatic carbocycles. The number of hydrogen-bond acceptors (Lipinski definition) is 6. The van der Waals surface area contributed by atoms with Crippen LogP contribution in [0, 0.1) is 0 Å². The van der Waals surface area contributed by atoms with Gasteiger partial charge in [0.15, 0.2) is 0 Å². The molecule has 172 valence electrons. The van der Waals surface area contributed by atoms with Crippen LogP contribution in [0.5, 0.6) is 0 Å². The van der Waals surface area contributed by atoms with Gasteiger partial charge in [-0.3, -0.25) is 4.79 Å². The monoisotopic (exact) mass is 540 g/mol. The van der Waals surface area contributed by atoms with E-state index in [1.807, 2.05) is 24.3 Å². The molecule has 0 radical (unpaired) electrons. The number of benzene rings is 2. The van der Waals surface area contributed by atoms with Gasteiger partial charge in [-0.2, -0.15) is 4.31 Å². The highest BCUT2D eigenvalue weighted by Crippen LogP contribution is 2.33. The number of rotatable bonds is 7. The minimum absolute atomic E-state index is 0.00166. The number of carbonyl (C=O) groups excluding carboxylic acids is 1. The van der Waals surface area contributed by atoms with Crippen molar-refractivity contribution in [3.05, 3.63) is 52.5 Å². The van der Waals surface area contributed by atoms with Gasteiger partial charge in [-0.15, -0.1) is 0 Å². The van der Waals surface area contributed by atoms with Crippen molar-refractivity contribution >= 4 is 43.6 Å². The minimum Gasteiger partial charge on any atom is -0.379 e. The Morgan fingerprint density at radius 3 is 2.56 bits per heavy atom. The van der Waals surface area contributed by atoms with Gasteiger partial charge >= 0.3 is 0 Å². The van der Waals surface area contributed by atoms with E-state index < -0.39 is 10.0 Å². The topological polar surface area (TPSA) is 84.9 Å². The van der Waals surface area contributed by atoms with Crippen LogP contribution in [-0.4, -0.2) is 64.2 Å². The summed E-state index contributed by atoms with van der Waals surface area (Å²) in [4.78, 5) is 14.9. The maximum Gasteiger partial charge on any atom is 0.252 e. The number of hydrogen-bond donors (Lipinski definition) is 1. The Morgan fingerprint density at radius 2 is 1.88 bits per heavy atom. The van der Waals surface area contributed by atoms with Gasteiger partial charge in [-0.05, 0) is 55.3 Å². The number of nitrogens with one attached hydrogen (secondary N) is 1. The smallest absolute Gasteiger partial charge is 0.252 e. The molecule has 1 amide bonds. The Hall–Kier alpha value is -1.43. The summed E-state index contributed by atoms with van der Waals surface area (Å²) in [6.07, 6.45) is 1.90. The van der Waals surface area contributed by atoms with Gasteiger partial charge in [0.05, 0.1) is 29.8 Å². The lowest BCUT2D eigenvalue weighted by molar-refractivity contribution is 0.0730. The van der Waals surface area contributed by atoms with Crippen molar-refractivity contribution in [1.29, 1.82) is 0 Å². The van der Waals surface area contributed by atoms with Crippen LogP contribution in [0.3, 0.4) is 0 Å². The summed E-state index contributed by atoms with van der Waals surface area (Å²) in [5.74, 6) is -0.306. The van der Waals surface area contributed by atoms with E-state index >= 15 is 0 Å². The zero-order valence-electron chi connectivity index (χ0n) is 17.5. The second-order valence-corrected chi connectivity index (χ2v) is 11.5. The maximum atomic E-state index is 13.1. The number of sulfonamides is 1. The van der Waals surface area contributed by atoms with E-state index in [0.29, 0.717) is 49.9 Å². The summed E-state index contributed by atoms with van der Waals surface area (Å²) in [6.45, 7) is 2.45. The summed E-state index contributed by atoms with van der Waals surface area (Å²) in [7, 11) is -3.71. The molecule has 2 heterocycles. The lowest BCUT2D eigenvalue weighted by atomic mass is 10.2. The van der Waals surface area contributed by atoms with E-state index in [2.05, 4.69) is 21.2 Å². The molecule has 1 N–H and O–H groups in total. The van der Waals surface area contributed by atoms with E-state index in [9.17, 15) is 13.2 Å². The van der Waals surface area contributed by atoms with Crippen LogP contribution in [0.4, 0.5) is 0 Å². The molecular formula is C22H25BrN2O5S2. The minimum atomic E-state index is -3.71. The van der Waals surface area contributed by atoms with Crippen molar-refractivity contribution < 1.29 is 22.7 Å². The standard InChI is InChI=1S/C22H25BrN2O5S2/c23-16-3-5-18(6-4-16)31-21-8-7-19(32(27,28)25-9-12-29-13-10-25)14-20(21)22(26)24-15-17-2-1-11-30-17/h3-8,14,17H,1-2,9-13,15H2,(H,24,26). The van der Waals surface area contributed by atoms with Crippen LogP contribution >= 0.6 is 27.7 Å². The molecule has 0 spiro atoms. The molecule has 4 rings (SSSR count). The van der Waals surface area contributed by atoms with E-state index in [-0.39, 0.29) is 16.9 Å². The molecular weight excluding hydrogens is 516 g/mol. The molecule has 2 aliphatic heterocycles. The molecule has 2 aromatic rings. The predicted molar refractivity (Wildman–Crippen MR) is 126 cm³/mol. The van der Waals surface area contributed by atoms with Crippen molar-refractivity contribution in [3.8, 4) is 0 Å². The quantitative estimate of drug-likeness (QED) is 0.578. The van der Waals surface area contributed by atoms with Gasteiger partial charge < -0.3 is 14.8 Å². The number of ether oxygens (including phenoxy) is 2. The summed E-state index contributed by atoms with van der Waals surface area (Å²) in [6, 6.07) is 12.5. The van der Waals surface area contributed by atoms with Crippen LogP contribution < -0.4 is 5.32 Å². The number of halogens is 1. The third kappa shape index (κ3) is 5.73. The fraction of sp³-hybridized carbons (Fsp3) is 0.409. The zero-order valence-corrected chi connectivity index (χ0v) is 20.7. The van der Waals surface area contributed by atoms with Crippen molar-refractivity contribution in [2.75, 3.05) is 39.5 Å². The van der Waals surface area contributed by atoms with Crippen molar-refractivity contribution in [2.24, 2.45) is 0 Å². The first-order valence-corrected chi connectivity index (χ1v) is 13.5. The number of morpholine rings is 1. The van der Waals surface area contributed by atoms with Gasteiger partial charge in [0.25, 0.3) is 5.91 Å². The molecule has 2 saturated heterocycles. The third-order valence-corrected chi connectivity index (χ3v) is 8.87. The Morgan fingerprint density at radius 1 is 1.12 bits per heavy atom. The molecule has 0 aliphatic carbocycles. The molecule has 0 bridgehead atoms. The van der Waals surface area contributed by atoms with E-state index in [0.717, 1.165) is 22.2 Å². The predicted octanol–water partition coefficient (Wildman–Crippen LogP) is 3.53. The molecule has 0 saturated carbocycles. The Labute approximate surface area is 201 Å². The first-order chi connectivity index (χ1) is 15.4. The van der Waals surface area contributed by atoms with Crippen LogP contribution in [0.2, 0.25) is 0 Å². The highest BCUT2D eigenvalue weighted by molar-refractivity contribution is 9.10. The van der Waals surface area contributed by atoms with Crippen LogP contribution in [0.25, 0.3) is 0 Å². The first kappa shape index (κ1) is 23.7. The second kappa shape index (κ2) is 10.7. The summed E-state index contributed by atoms with van der Waals surface area (Å²) >= 11 is 4.85. The molecule has 1 unspecified atom stereocenters. The lowest BCUT2D eigenvalue weighted by Gasteiger charge is -2.26. The number of nitrogens with zero attached hydrogens (tertiary/aromatic N) is 1. The summed E-state index contributed by atoms with van der Waals surface area (Å²) in [5, 5.41) is 2.92. The van der Waals surface area contributed by atoms with Gasteiger partial charge in [0, 0.05) is 40.5 Å². The largest absolute Gasteiger partial charge is 0.379 e. The van der Waals surface area contributed by atoms with E-state index in [4.69, 9.17) is 9.47 Å². The molecule has 2 aliphatic rings. The van der Waals surface area contributed by atoms with E-state index in [1.165, 1.54) is 22.1 Å². The second-order valence-electron chi connectivity index (χ2n) is 7.58.